The van der Waals surface area contributed by atoms with Crippen molar-refractivity contribution < 1.29 is 18.3 Å². The van der Waals surface area contributed by atoms with Crippen LogP contribution in [0.1, 0.15) is 0 Å². The van der Waals surface area contributed by atoms with Crippen LogP contribution in [0.25, 0.3) is 0 Å². The van der Waals surface area contributed by atoms with Gasteiger partial charge in [0.05, 0.1) is 13.7 Å². The Hall–Kier alpha value is -1.63. The number of halogens is 3. The molecular formula is C11H11BrF2N2O2. The van der Waals surface area contributed by atoms with Gasteiger partial charge in [0, 0.05) is 22.3 Å². The van der Waals surface area contributed by atoms with E-state index in [1.165, 1.54) is 0 Å². The Morgan fingerprint density at radius 1 is 1.44 bits per heavy atom. The Bertz CT molecular complexity index is 457. The van der Waals surface area contributed by atoms with Crippen molar-refractivity contribution in [2.75, 3.05) is 19.0 Å². The summed E-state index contributed by atoms with van der Waals surface area (Å²) in [6.45, 7) is 3.72. The summed E-state index contributed by atoms with van der Waals surface area (Å²) in [7, 11) is 1.16. The van der Waals surface area contributed by atoms with Crippen molar-refractivity contribution in [3.63, 3.8) is 0 Å². The summed E-state index contributed by atoms with van der Waals surface area (Å²) in [4.78, 5) is 11.3. The molecular weight excluding hydrogens is 310 g/mol. The summed E-state index contributed by atoms with van der Waals surface area (Å²) < 4.78 is 31.7. The number of nitrogens with one attached hydrogen (secondary N) is 2. The number of hydrogen-bond acceptors (Lipinski definition) is 2. The van der Waals surface area contributed by atoms with Crippen molar-refractivity contribution in [1.82, 2.24) is 5.32 Å². The maximum atomic E-state index is 13.3. The van der Waals surface area contributed by atoms with Crippen LogP contribution in [0.4, 0.5) is 19.3 Å². The summed E-state index contributed by atoms with van der Waals surface area (Å²) in [5.41, 5.74) is -0.0107. The van der Waals surface area contributed by atoms with Gasteiger partial charge in [0.15, 0.2) is 17.4 Å². The van der Waals surface area contributed by atoms with Crippen molar-refractivity contribution >= 4 is 27.6 Å². The minimum atomic E-state index is -0.891. The van der Waals surface area contributed by atoms with Gasteiger partial charge in [0.25, 0.3) is 0 Å². The molecule has 0 bridgehead atoms. The van der Waals surface area contributed by atoms with Gasteiger partial charge < -0.3 is 15.4 Å². The highest BCUT2D eigenvalue weighted by Crippen LogP contribution is 2.25. The van der Waals surface area contributed by atoms with Gasteiger partial charge in [-0.3, -0.25) is 0 Å². The molecule has 0 saturated carbocycles. The third-order valence-electron chi connectivity index (χ3n) is 1.90. The average Bonchev–Trinajstić information content (AvgIpc) is 2.26. The largest absolute Gasteiger partial charge is 0.491 e. The summed E-state index contributed by atoms with van der Waals surface area (Å²) >= 11 is 3.06. The average molecular weight is 321 g/mol. The summed E-state index contributed by atoms with van der Waals surface area (Å²) in [6.07, 6.45) is 0. The Kier molecular flexibility index (Phi) is 5.08. The molecule has 98 valence electrons. The van der Waals surface area contributed by atoms with E-state index < -0.39 is 23.4 Å². The zero-order valence-electron chi connectivity index (χ0n) is 9.52. The van der Waals surface area contributed by atoms with Gasteiger partial charge in [-0.2, -0.15) is 0 Å². The number of amides is 2. The number of hydrogen-bond donors (Lipinski definition) is 2. The lowest BCUT2D eigenvalue weighted by Crippen LogP contribution is -2.29. The van der Waals surface area contributed by atoms with E-state index in [0.29, 0.717) is 4.48 Å². The number of methoxy groups -OCH3 is 1. The normalized spacial score (nSPS) is 9.78. The van der Waals surface area contributed by atoms with E-state index in [2.05, 4.69) is 37.9 Å². The SMILES string of the molecule is C=C(Br)CNC(=O)Nc1cc(F)c(OC)c(F)c1. The summed E-state index contributed by atoms with van der Waals surface area (Å²) in [6, 6.07) is 1.33. The second-order valence-electron chi connectivity index (χ2n) is 3.30. The van der Waals surface area contributed by atoms with Crippen molar-refractivity contribution in [3.05, 3.63) is 34.8 Å². The van der Waals surface area contributed by atoms with Crippen LogP contribution < -0.4 is 15.4 Å². The molecule has 0 aromatic heterocycles. The molecule has 0 spiro atoms. The van der Waals surface area contributed by atoms with Crippen molar-refractivity contribution in [2.45, 2.75) is 0 Å². The molecule has 1 aromatic rings. The fourth-order valence-corrected chi connectivity index (χ4v) is 1.32. The van der Waals surface area contributed by atoms with Gasteiger partial charge in [-0.05, 0) is 0 Å². The molecule has 0 fully saturated rings. The zero-order chi connectivity index (χ0) is 13.7. The molecule has 1 aromatic carbocycles. The number of ether oxygens (including phenoxy) is 1. The minimum Gasteiger partial charge on any atom is -0.491 e. The topological polar surface area (TPSA) is 50.4 Å². The van der Waals surface area contributed by atoms with Crippen molar-refractivity contribution in [2.24, 2.45) is 0 Å². The molecule has 4 nitrogen and oxygen atoms in total. The zero-order valence-corrected chi connectivity index (χ0v) is 11.1. The number of carbonyl (C=O) groups excluding carboxylic acids is 1. The maximum Gasteiger partial charge on any atom is 0.319 e. The second-order valence-corrected chi connectivity index (χ2v) is 4.42. The summed E-state index contributed by atoms with van der Waals surface area (Å²) in [5, 5.41) is 4.71. The lowest BCUT2D eigenvalue weighted by molar-refractivity contribution is 0.253. The Morgan fingerprint density at radius 2 is 2.00 bits per heavy atom. The molecule has 0 atom stereocenters. The second kappa shape index (κ2) is 6.34. The van der Waals surface area contributed by atoms with Gasteiger partial charge in [-0.25, -0.2) is 13.6 Å². The van der Waals surface area contributed by atoms with Crippen LogP contribution >= 0.6 is 15.9 Å². The molecule has 7 heteroatoms. The number of urea groups is 1. The number of rotatable bonds is 4. The van der Waals surface area contributed by atoms with Crippen LogP contribution in [-0.4, -0.2) is 19.7 Å². The highest BCUT2D eigenvalue weighted by Gasteiger charge is 2.12. The van der Waals surface area contributed by atoms with Crippen LogP contribution in [0.5, 0.6) is 5.75 Å². The molecule has 1 rings (SSSR count). The number of anilines is 1. The van der Waals surface area contributed by atoms with Crippen molar-refractivity contribution in [3.8, 4) is 5.75 Å². The third kappa shape index (κ3) is 3.99. The number of benzene rings is 1. The third-order valence-corrected chi connectivity index (χ3v) is 2.18. The van der Waals surface area contributed by atoms with E-state index in [0.717, 1.165) is 19.2 Å². The lowest BCUT2D eigenvalue weighted by atomic mass is 10.2. The van der Waals surface area contributed by atoms with Crippen LogP contribution in [0.2, 0.25) is 0 Å². The smallest absolute Gasteiger partial charge is 0.319 e. The minimum absolute atomic E-state index is 0.0107. The first kappa shape index (κ1) is 14.4. The predicted octanol–water partition coefficient (Wildman–Crippen LogP) is 3.00. The first-order valence-corrected chi connectivity index (χ1v) is 5.64. The molecule has 0 unspecified atom stereocenters. The van der Waals surface area contributed by atoms with Crippen molar-refractivity contribution in [1.29, 1.82) is 0 Å². The Morgan fingerprint density at radius 3 is 2.44 bits per heavy atom. The van der Waals surface area contributed by atoms with Gasteiger partial charge in [0.1, 0.15) is 0 Å². The fourth-order valence-electron chi connectivity index (χ4n) is 1.18. The van der Waals surface area contributed by atoms with Crippen LogP contribution in [0.15, 0.2) is 23.2 Å². The van der Waals surface area contributed by atoms with Gasteiger partial charge >= 0.3 is 6.03 Å². The maximum absolute atomic E-state index is 13.3. The molecule has 0 saturated heterocycles. The summed E-state index contributed by atoms with van der Waals surface area (Å²) in [5.74, 6) is -2.27. The first-order chi connectivity index (χ1) is 8.43. The van der Waals surface area contributed by atoms with Crippen LogP contribution in [0.3, 0.4) is 0 Å². The van der Waals surface area contributed by atoms with Gasteiger partial charge in [-0.1, -0.05) is 22.5 Å². The molecule has 0 heterocycles. The van der Waals surface area contributed by atoms with E-state index in [9.17, 15) is 13.6 Å². The standard InChI is InChI=1S/C11H11BrF2N2O2/c1-6(12)5-15-11(17)16-7-3-8(13)10(18-2)9(14)4-7/h3-4H,1,5H2,2H3,(H2,15,16,17). The van der Waals surface area contributed by atoms with Gasteiger partial charge in [0.2, 0.25) is 0 Å². The Balaban J connectivity index is 2.74. The van der Waals surface area contributed by atoms with Crippen LogP contribution in [-0.2, 0) is 0 Å². The molecule has 0 aliphatic rings. The molecule has 2 amide bonds. The highest BCUT2D eigenvalue weighted by atomic mass is 79.9. The quantitative estimate of drug-likeness (QED) is 0.896. The van der Waals surface area contributed by atoms with E-state index in [4.69, 9.17) is 0 Å². The van der Waals surface area contributed by atoms with E-state index >= 15 is 0 Å². The lowest BCUT2D eigenvalue weighted by Gasteiger charge is -2.09. The van der Waals surface area contributed by atoms with E-state index in [-0.39, 0.29) is 12.2 Å². The number of carbonyl (C=O) groups is 1. The highest BCUT2D eigenvalue weighted by molar-refractivity contribution is 9.11. The molecule has 0 aliphatic heterocycles. The monoisotopic (exact) mass is 320 g/mol. The van der Waals surface area contributed by atoms with E-state index in [1.54, 1.807) is 0 Å². The Labute approximate surface area is 111 Å². The molecule has 2 N–H and O–H groups in total. The molecule has 18 heavy (non-hydrogen) atoms. The van der Waals surface area contributed by atoms with Gasteiger partial charge in [-0.15, -0.1) is 0 Å². The molecule has 0 aliphatic carbocycles. The predicted molar refractivity (Wildman–Crippen MR) is 68.0 cm³/mol. The van der Waals surface area contributed by atoms with Crippen LogP contribution in [0, 0.1) is 11.6 Å². The molecule has 0 radical (unpaired) electrons. The van der Waals surface area contributed by atoms with E-state index in [1.807, 2.05) is 0 Å². The fraction of sp³-hybridized carbons (Fsp3) is 0.182. The first-order valence-electron chi connectivity index (χ1n) is 4.85.